The Kier molecular flexibility index (Phi) is 12.9. The van der Waals surface area contributed by atoms with Gasteiger partial charge < -0.3 is 15.3 Å². The summed E-state index contributed by atoms with van der Waals surface area (Å²) in [5.41, 5.74) is 3.84. The quantitative estimate of drug-likeness (QED) is 0.189. The number of carboxylic acid groups (broad SMARTS) is 1. The Hall–Kier alpha value is -4.42. The van der Waals surface area contributed by atoms with E-state index in [4.69, 9.17) is 0 Å². The van der Waals surface area contributed by atoms with Gasteiger partial charge in [-0.1, -0.05) is 81.1 Å². The van der Waals surface area contributed by atoms with E-state index in [2.05, 4.69) is 33.0 Å². The second-order valence-corrected chi connectivity index (χ2v) is 15.2. The molecule has 1 atom stereocenters. The second-order valence-electron chi connectivity index (χ2n) is 13.4. The van der Waals surface area contributed by atoms with Crippen LogP contribution in [0.25, 0.3) is 17.0 Å². The van der Waals surface area contributed by atoms with Crippen LogP contribution in [-0.4, -0.2) is 65.8 Å². The molecule has 5 rings (SSSR count). The predicted molar refractivity (Wildman–Crippen MR) is 191 cm³/mol. The van der Waals surface area contributed by atoms with Gasteiger partial charge in [-0.05, 0) is 73.1 Å². The highest BCUT2D eigenvalue weighted by atomic mass is 32.2. The summed E-state index contributed by atoms with van der Waals surface area (Å²) in [6.07, 6.45) is 17.8. The standard InChI is InChI=1S/C38H47N5O6S/c1-2-6-27-9-13-29(14-10-27)30-17-19-31(20-18-30)33-21-40-38(41-22-33)32-15-11-28(12-16-32)25-43(26-37(46)47)36(45)24-39-35(44)23-42-50(48,49)34-7-4-3-5-8-34/h3-5,7-8,11-12,15-16,19,21-22,27,29-30,42H,2,6,9-10,13-14,17-18,20,23-26H2,1H3,(H,39,44)(H,46,47). The molecular formula is C38H47N5O6S. The highest BCUT2D eigenvalue weighted by Gasteiger charge is 2.28. The molecule has 11 nitrogen and oxygen atoms in total. The molecule has 1 unspecified atom stereocenters. The number of aromatic nitrogens is 2. The van der Waals surface area contributed by atoms with E-state index in [1.807, 2.05) is 24.5 Å². The molecule has 0 radical (unpaired) electrons. The largest absolute Gasteiger partial charge is 0.480 e. The molecule has 2 amide bonds. The van der Waals surface area contributed by atoms with Crippen LogP contribution in [0.3, 0.4) is 0 Å². The molecule has 2 aromatic carbocycles. The zero-order valence-electron chi connectivity index (χ0n) is 28.6. The number of sulfonamides is 1. The molecule has 0 spiro atoms. The molecule has 2 aliphatic carbocycles. The number of benzene rings is 2. The van der Waals surface area contributed by atoms with Gasteiger partial charge in [-0.3, -0.25) is 14.4 Å². The van der Waals surface area contributed by atoms with Crippen molar-refractivity contribution in [2.24, 2.45) is 17.8 Å². The number of amides is 2. The maximum Gasteiger partial charge on any atom is 0.323 e. The van der Waals surface area contributed by atoms with Gasteiger partial charge in [0.2, 0.25) is 21.8 Å². The Balaban J connectivity index is 1.11. The molecule has 1 aromatic heterocycles. The van der Waals surface area contributed by atoms with Crippen molar-refractivity contribution in [2.75, 3.05) is 19.6 Å². The lowest BCUT2D eigenvalue weighted by Crippen LogP contribution is -2.44. The Morgan fingerprint density at radius 3 is 2.20 bits per heavy atom. The van der Waals surface area contributed by atoms with Gasteiger partial charge in [0.25, 0.3) is 0 Å². The van der Waals surface area contributed by atoms with E-state index in [1.54, 1.807) is 30.3 Å². The van der Waals surface area contributed by atoms with Crippen LogP contribution in [0.1, 0.15) is 75.8 Å². The Morgan fingerprint density at radius 1 is 0.880 bits per heavy atom. The number of rotatable bonds is 15. The van der Waals surface area contributed by atoms with Crippen molar-refractivity contribution >= 4 is 33.4 Å². The fourth-order valence-electron chi connectivity index (χ4n) is 7.11. The number of aliphatic carboxylic acids is 1. The minimum absolute atomic E-state index is 0.00293. The summed E-state index contributed by atoms with van der Waals surface area (Å²) in [6.45, 7) is 0.649. The molecule has 3 aromatic rings. The smallest absolute Gasteiger partial charge is 0.323 e. The van der Waals surface area contributed by atoms with E-state index in [-0.39, 0.29) is 11.4 Å². The molecule has 0 aliphatic heterocycles. The maximum absolute atomic E-state index is 12.9. The lowest BCUT2D eigenvalue weighted by atomic mass is 9.70. The minimum atomic E-state index is -3.90. The molecule has 3 N–H and O–H groups in total. The SMILES string of the molecule is CCCC1CCC(C2CC=C(c3cnc(-c4ccc(CN(CC(=O)O)C(=O)CNC(=O)CNS(=O)(=O)c5ccccc5)cc4)nc3)CC2)CC1. The van der Waals surface area contributed by atoms with Crippen molar-refractivity contribution in [1.82, 2.24) is 24.9 Å². The van der Waals surface area contributed by atoms with E-state index in [0.29, 0.717) is 11.4 Å². The van der Waals surface area contributed by atoms with E-state index >= 15 is 0 Å². The molecular weight excluding hydrogens is 655 g/mol. The van der Waals surface area contributed by atoms with E-state index < -0.39 is 47.4 Å². The van der Waals surface area contributed by atoms with E-state index in [9.17, 15) is 27.9 Å². The minimum Gasteiger partial charge on any atom is -0.480 e. The number of hydrogen-bond acceptors (Lipinski definition) is 7. The van der Waals surface area contributed by atoms with Crippen LogP contribution < -0.4 is 10.0 Å². The third kappa shape index (κ3) is 10.3. The Labute approximate surface area is 294 Å². The van der Waals surface area contributed by atoms with Crippen molar-refractivity contribution in [1.29, 1.82) is 0 Å². The molecule has 1 heterocycles. The highest BCUT2D eigenvalue weighted by Crippen LogP contribution is 2.42. The van der Waals surface area contributed by atoms with Crippen molar-refractivity contribution in [3.8, 4) is 11.4 Å². The fraction of sp³-hybridized carbons (Fsp3) is 0.447. The van der Waals surface area contributed by atoms with E-state index in [0.717, 1.165) is 46.6 Å². The first-order valence-corrected chi connectivity index (χ1v) is 19.0. The number of nitrogens with zero attached hydrogens (tertiary/aromatic N) is 3. The lowest BCUT2D eigenvalue weighted by molar-refractivity contribution is -0.144. The van der Waals surface area contributed by atoms with Gasteiger partial charge in [-0.25, -0.2) is 23.1 Å². The van der Waals surface area contributed by atoms with Crippen LogP contribution in [0, 0.1) is 17.8 Å². The van der Waals surface area contributed by atoms with Gasteiger partial charge in [-0.15, -0.1) is 0 Å². The highest BCUT2D eigenvalue weighted by molar-refractivity contribution is 7.89. The van der Waals surface area contributed by atoms with Crippen molar-refractivity contribution in [2.45, 2.75) is 76.2 Å². The molecule has 0 bridgehead atoms. The zero-order valence-corrected chi connectivity index (χ0v) is 29.4. The third-order valence-electron chi connectivity index (χ3n) is 9.91. The first-order valence-electron chi connectivity index (χ1n) is 17.5. The number of carboxylic acids is 1. The van der Waals surface area contributed by atoms with Crippen LogP contribution >= 0.6 is 0 Å². The van der Waals surface area contributed by atoms with Crippen molar-refractivity contribution in [3.63, 3.8) is 0 Å². The number of carbonyl (C=O) groups excluding carboxylic acids is 2. The van der Waals surface area contributed by atoms with Crippen LogP contribution in [0.5, 0.6) is 0 Å². The van der Waals surface area contributed by atoms with E-state index in [1.165, 1.54) is 62.7 Å². The third-order valence-corrected chi connectivity index (χ3v) is 11.3. The van der Waals surface area contributed by atoms with Gasteiger partial charge in [0.15, 0.2) is 5.82 Å². The average molecular weight is 702 g/mol. The van der Waals surface area contributed by atoms with Crippen LogP contribution in [0.4, 0.5) is 0 Å². The summed E-state index contributed by atoms with van der Waals surface area (Å²) >= 11 is 0. The monoisotopic (exact) mass is 701 g/mol. The summed E-state index contributed by atoms with van der Waals surface area (Å²) in [6, 6.07) is 14.8. The number of carbonyl (C=O) groups is 3. The summed E-state index contributed by atoms with van der Waals surface area (Å²) in [7, 11) is -3.90. The van der Waals surface area contributed by atoms with Gasteiger partial charge in [0.05, 0.1) is 18.0 Å². The molecule has 1 saturated carbocycles. The number of allylic oxidation sites excluding steroid dienone is 2. The first-order chi connectivity index (χ1) is 24.1. The fourth-order valence-corrected chi connectivity index (χ4v) is 8.11. The maximum atomic E-state index is 12.9. The molecule has 0 saturated heterocycles. The molecule has 12 heteroatoms. The summed E-state index contributed by atoms with van der Waals surface area (Å²) < 4.78 is 26.9. The van der Waals surface area contributed by atoms with Crippen LogP contribution in [0.15, 0.2) is 78.0 Å². The summed E-state index contributed by atoms with van der Waals surface area (Å²) in [4.78, 5) is 47.0. The summed E-state index contributed by atoms with van der Waals surface area (Å²) in [5.74, 6) is 0.592. The van der Waals surface area contributed by atoms with Crippen molar-refractivity contribution in [3.05, 3.63) is 84.2 Å². The van der Waals surface area contributed by atoms with Gasteiger partial charge in [0, 0.05) is 30.1 Å². The Morgan fingerprint density at radius 2 is 1.58 bits per heavy atom. The zero-order chi connectivity index (χ0) is 35.5. The number of nitrogens with one attached hydrogen (secondary N) is 2. The predicted octanol–water partition coefficient (Wildman–Crippen LogP) is 5.44. The van der Waals surface area contributed by atoms with Crippen LogP contribution in [0.2, 0.25) is 0 Å². The Bertz CT molecular complexity index is 1740. The summed E-state index contributed by atoms with van der Waals surface area (Å²) in [5, 5.41) is 11.8. The van der Waals surface area contributed by atoms with Gasteiger partial charge in [-0.2, -0.15) is 0 Å². The average Bonchev–Trinajstić information content (AvgIpc) is 3.14. The lowest BCUT2D eigenvalue weighted by Gasteiger charge is -2.35. The topological polar surface area (TPSA) is 159 Å². The number of hydrogen-bond donors (Lipinski definition) is 3. The van der Waals surface area contributed by atoms with Gasteiger partial charge >= 0.3 is 5.97 Å². The molecule has 2 aliphatic rings. The normalized spacial score (nSPS) is 19.3. The molecule has 1 fully saturated rings. The molecule has 50 heavy (non-hydrogen) atoms. The first kappa shape index (κ1) is 36.9. The van der Waals surface area contributed by atoms with Crippen LogP contribution in [-0.2, 0) is 31.0 Å². The van der Waals surface area contributed by atoms with Crippen molar-refractivity contribution < 1.29 is 27.9 Å². The molecule has 266 valence electrons. The van der Waals surface area contributed by atoms with Gasteiger partial charge in [0.1, 0.15) is 6.54 Å². The second kappa shape index (κ2) is 17.5.